The van der Waals surface area contributed by atoms with E-state index in [1.807, 2.05) is 0 Å². The molecular weight excluding hydrogens is 351 g/mol. The summed E-state index contributed by atoms with van der Waals surface area (Å²) < 4.78 is 14.1. The van der Waals surface area contributed by atoms with Crippen LogP contribution in [0.1, 0.15) is 44.6 Å². The molecule has 0 bridgehead atoms. The first-order chi connectivity index (χ1) is 12.8. The van der Waals surface area contributed by atoms with Crippen molar-refractivity contribution in [3.63, 3.8) is 0 Å². The average Bonchev–Trinajstić information content (AvgIpc) is 2.86. The maximum absolute atomic E-state index is 14.1. The van der Waals surface area contributed by atoms with Crippen molar-refractivity contribution in [2.24, 2.45) is 0 Å². The van der Waals surface area contributed by atoms with Gasteiger partial charge < -0.3 is 10.6 Å². The predicted molar refractivity (Wildman–Crippen MR) is 93.6 cm³/mol. The second kappa shape index (κ2) is 6.99. The van der Waals surface area contributed by atoms with E-state index in [0.29, 0.717) is 12.8 Å². The summed E-state index contributed by atoms with van der Waals surface area (Å²) in [4.78, 5) is 38.3. The number of benzene rings is 1. The summed E-state index contributed by atoms with van der Waals surface area (Å²) in [7, 11) is 0. The highest BCUT2D eigenvalue weighted by Crippen LogP contribution is 2.31. The van der Waals surface area contributed by atoms with Crippen molar-refractivity contribution in [1.29, 1.82) is 5.26 Å². The first kappa shape index (κ1) is 18.8. The lowest BCUT2D eigenvalue weighted by Gasteiger charge is -2.32. The monoisotopic (exact) mass is 372 g/mol. The number of amides is 4. The molecule has 0 aromatic heterocycles. The van der Waals surface area contributed by atoms with Crippen molar-refractivity contribution < 1.29 is 18.8 Å². The summed E-state index contributed by atoms with van der Waals surface area (Å²) in [6, 6.07) is 7.07. The lowest BCUT2D eigenvalue weighted by Crippen LogP contribution is -2.52. The molecule has 2 N–H and O–H groups in total. The fourth-order valence-corrected chi connectivity index (χ4v) is 3.76. The Labute approximate surface area is 156 Å². The van der Waals surface area contributed by atoms with Gasteiger partial charge in [-0.3, -0.25) is 14.5 Å². The predicted octanol–water partition coefficient (Wildman–Crippen LogP) is 1.94. The number of carbonyl (C=O) groups excluding carboxylic acids is 3. The largest absolute Gasteiger partial charge is 0.336 e. The molecule has 1 aromatic rings. The molecule has 1 aromatic carbocycles. The number of carbonyl (C=O) groups is 3. The van der Waals surface area contributed by atoms with E-state index in [0.717, 1.165) is 24.2 Å². The van der Waals surface area contributed by atoms with Crippen molar-refractivity contribution in [3.05, 3.63) is 35.6 Å². The topological polar surface area (TPSA) is 102 Å². The maximum Gasteiger partial charge on any atom is 0.325 e. The summed E-state index contributed by atoms with van der Waals surface area (Å²) in [5, 5.41) is 14.6. The van der Waals surface area contributed by atoms with Gasteiger partial charge in [0.1, 0.15) is 23.4 Å². The molecule has 0 spiro atoms. The Morgan fingerprint density at radius 3 is 2.59 bits per heavy atom. The van der Waals surface area contributed by atoms with Gasteiger partial charge in [-0.05, 0) is 25.8 Å². The molecule has 0 unspecified atom stereocenters. The van der Waals surface area contributed by atoms with Gasteiger partial charge in [0, 0.05) is 5.56 Å². The fraction of sp³-hybridized carbons (Fsp3) is 0.474. The molecule has 2 aliphatic rings. The maximum atomic E-state index is 14.1. The van der Waals surface area contributed by atoms with E-state index in [-0.39, 0.29) is 5.56 Å². The zero-order valence-electron chi connectivity index (χ0n) is 15.0. The Bertz CT molecular complexity index is 828. The second-order valence-electron chi connectivity index (χ2n) is 7.23. The quantitative estimate of drug-likeness (QED) is 0.789. The minimum Gasteiger partial charge on any atom is -0.336 e. The number of hydrogen-bond donors (Lipinski definition) is 2. The Morgan fingerprint density at radius 2 is 1.96 bits per heavy atom. The van der Waals surface area contributed by atoms with Gasteiger partial charge in [-0.1, -0.05) is 37.5 Å². The van der Waals surface area contributed by atoms with Crippen molar-refractivity contribution in [2.75, 3.05) is 6.54 Å². The third-order valence-corrected chi connectivity index (χ3v) is 5.29. The molecule has 2 fully saturated rings. The molecule has 1 atom stereocenters. The Balaban J connectivity index is 1.75. The Hall–Kier alpha value is -2.95. The summed E-state index contributed by atoms with van der Waals surface area (Å²) in [5.41, 5.74) is -2.50. The van der Waals surface area contributed by atoms with Crippen LogP contribution >= 0.6 is 0 Å². The van der Waals surface area contributed by atoms with Crippen LogP contribution in [0.15, 0.2) is 24.3 Å². The van der Waals surface area contributed by atoms with Crippen molar-refractivity contribution >= 4 is 17.8 Å². The first-order valence-electron chi connectivity index (χ1n) is 8.93. The van der Waals surface area contributed by atoms with Gasteiger partial charge in [0.15, 0.2) is 0 Å². The first-order valence-corrected chi connectivity index (χ1v) is 8.93. The second-order valence-corrected chi connectivity index (χ2v) is 7.23. The molecular formula is C19H21FN4O3. The number of rotatable bonds is 4. The summed E-state index contributed by atoms with van der Waals surface area (Å²) in [6.07, 6.45) is 3.77. The summed E-state index contributed by atoms with van der Waals surface area (Å²) in [5.74, 6) is -1.91. The average molecular weight is 372 g/mol. The van der Waals surface area contributed by atoms with Crippen molar-refractivity contribution in [2.45, 2.75) is 50.1 Å². The van der Waals surface area contributed by atoms with E-state index in [4.69, 9.17) is 0 Å². The highest BCUT2D eigenvalue weighted by molar-refractivity contribution is 6.09. The van der Waals surface area contributed by atoms with Gasteiger partial charge in [0.2, 0.25) is 5.91 Å². The number of hydrogen-bond acceptors (Lipinski definition) is 4. The minimum atomic E-state index is -1.58. The van der Waals surface area contributed by atoms with Crippen molar-refractivity contribution in [3.8, 4) is 6.07 Å². The van der Waals surface area contributed by atoms with Crippen LogP contribution in [0.4, 0.5) is 9.18 Å². The third kappa shape index (κ3) is 3.37. The SMILES string of the molecule is C[C@@]1(c2ccccc2F)NC(=O)N(CC(=O)NC2(C#N)CCCCC2)C1=O. The van der Waals surface area contributed by atoms with Crippen LogP contribution in [0.5, 0.6) is 0 Å². The molecule has 1 aliphatic carbocycles. The zero-order chi connectivity index (χ0) is 19.7. The van der Waals surface area contributed by atoms with Gasteiger partial charge in [0.05, 0.1) is 6.07 Å². The number of halogens is 1. The zero-order valence-corrected chi connectivity index (χ0v) is 15.0. The molecule has 1 saturated carbocycles. The molecule has 27 heavy (non-hydrogen) atoms. The van der Waals surface area contributed by atoms with Gasteiger partial charge in [-0.25, -0.2) is 9.18 Å². The lowest BCUT2D eigenvalue weighted by molar-refractivity contribution is -0.135. The minimum absolute atomic E-state index is 0.0343. The van der Waals surface area contributed by atoms with Crippen LogP contribution in [0.2, 0.25) is 0 Å². The molecule has 7 nitrogen and oxygen atoms in total. The van der Waals surface area contributed by atoms with Crippen LogP contribution in [-0.2, 0) is 15.1 Å². The van der Waals surface area contributed by atoms with E-state index < -0.39 is 41.3 Å². The Kier molecular flexibility index (Phi) is 4.87. The normalized spacial score (nSPS) is 24.3. The smallest absolute Gasteiger partial charge is 0.325 e. The summed E-state index contributed by atoms with van der Waals surface area (Å²) in [6.45, 7) is 0.888. The van der Waals surface area contributed by atoms with Gasteiger partial charge in [0.25, 0.3) is 5.91 Å². The lowest BCUT2D eigenvalue weighted by atomic mass is 9.83. The third-order valence-electron chi connectivity index (χ3n) is 5.29. The molecule has 142 valence electrons. The van der Waals surface area contributed by atoms with E-state index >= 15 is 0 Å². The van der Waals surface area contributed by atoms with E-state index in [1.54, 1.807) is 6.07 Å². The summed E-state index contributed by atoms with van der Waals surface area (Å²) >= 11 is 0. The van der Waals surface area contributed by atoms with Crippen LogP contribution in [0, 0.1) is 17.1 Å². The Morgan fingerprint density at radius 1 is 1.30 bits per heavy atom. The number of imide groups is 1. The highest BCUT2D eigenvalue weighted by Gasteiger charge is 2.51. The van der Waals surface area contributed by atoms with E-state index in [2.05, 4.69) is 16.7 Å². The molecule has 8 heteroatoms. The number of nitrogens with zero attached hydrogens (tertiary/aromatic N) is 2. The van der Waals surface area contributed by atoms with E-state index in [9.17, 15) is 24.0 Å². The van der Waals surface area contributed by atoms with E-state index in [1.165, 1.54) is 25.1 Å². The molecule has 4 amide bonds. The van der Waals surface area contributed by atoms with Crippen molar-refractivity contribution in [1.82, 2.24) is 15.5 Å². The fourth-order valence-electron chi connectivity index (χ4n) is 3.76. The molecule has 1 heterocycles. The molecule has 3 rings (SSSR count). The number of urea groups is 1. The molecule has 0 radical (unpaired) electrons. The molecule has 1 saturated heterocycles. The standard InChI is InChI=1S/C19H21FN4O3/c1-18(13-7-3-4-8-14(13)20)16(26)24(17(27)23-18)11-15(25)22-19(12-21)9-5-2-6-10-19/h3-4,7-8H,2,5-6,9-11H2,1H3,(H,22,25)(H,23,27)/t18-/m0/s1. The van der Waals surface area contributed by atoms with Crippen LogP contribution in [0.3, 0.4) is 0 Å². The van der Waals surface area contributed by atoms with Gasteiger partial charge in [-0.2, -0.15) is 5.26 Å². The number of nitriles is 1. The van der Waals surface area contributed by atoms with Crippen LogP contribution < -0.4 is 10.6 Å². The van der Waals surface area contributed by atoms with Gasteiger partial charge >= 0.3 is 6.03 Å². The highest BCUT2D eigenvalue weighted by atomic mass is 19.1. The number of nitrogens with one attached hydrogen (secondary N) is 2. The molecule has 1 aliphatic heterocycles. The van der Waals surface area contributed by atoms with Gasteiger partial charge in [-0.15, -0.1) is 0 Å². The van der Waals surface area contributed by atoms with Crippen LogP contribution in [0.25, 0.3) is 0 Å². The van der Waals surface area contributed by atoms with Crippen LogP contribution in [-0.4, -0.2) is 34.8 Å².